The molecule has 0 fully saturated rings. The fourth-order valence-corrected chi connectivity index (χ4v) is 2.83. The molecule has 140 valence electrons. The van der Waals surface area contributed by atoms with Crippen LogP contribution >= 0.6 is 23.2 Å². The van der Waals surface area contributed by atoms with E-state index in [4.69, 9.17) is 27.6 Å². The molecule has 0 unspecified atom stereocenters. The highest BCUT2D eigenvalue weighted by Gasteiger charge is 2.16. The number of aryl methyl sites for hydroxylation is 1. The summed E-state index contributed by atoms with van der Waals surface area (Å²) in [5, 5.41) is 3.39. The van der Waals surface area contributed by atoms with Gasteiger partial charge in [0.1, 0.15) is 11.5 Å². The number of carbonyl (C=O) groups is 2. The van der Waals surface area contributed by atoms with Gasteiger partial charge >= 0.3 is 0 Å². The summed E-state index contributed by atoms with van der Waals surface area (Å²) in [4.78, 5) is 27.6. The van der Waals surface area contributed by atoms with Gasteiger partial charge in [-0.2, -0.15) is 0 Å². The fourth-order valence-electron chi connectivity index (χ4n) is 2.34. The molecule has 1 aromatic heterocycles. The predicted molar refractivity (Wildman–Crippen MR) is 103 cm³/mol. The molecule has 2 rings (SSSR count). The minimum Gasteiger partial charge on any atom is -0.464 e. The number of carbonyl (C=O) groups excluding carboxylic acids is 2. The third-order valence-corrected chi connectivity index (χ3v) is 4.29. The van der Waals surface area contributed by atoms with Crippen molar-refractivity contribution in [1.82, 2.24) is 9.80 Å². The van der Waals surface area contributed by atoms with Crippen molar-refractivity contribution in [3.05, 3.63) is 51.9 Å². The molecule has 2 amide bonds. The lowest BCUT2D eigenvalue weighted by Crippen LogP contribution is -2.39. The van der Waals surface area contributed by atoms with Crippen molar-refractivity contribution in [2.24, 2.45) is 0 Å². The van der Waals surface area contributed by atoms with Gasteiger partial charge in [0.05, 0.1) is 35.4 Å². The number of hydrogen-bond acceptors (Lipinski definition) is 4. The normalized spacial score (nSPS) is 10.8. The highest BCUT2D eigenvalue weighted by Crippen LogP contribution is 2.29. The number of hydrogen-bond donors (Lipinski definition) is 1. The minimum absolute atomic E-state index is 0.0288. The number of nitrogens with one attached hydrogen (secondary N) is 1. The zero-order chi connectivity index (χ0) is 19.3. The number of likely N-dealkylation sites (N-methyl/N-ethyl adjacent to an activating group) is 2. The summed E-state index contributed by atoms with van der Waals surface area (Å²) in [7, 11) is 3.38. The van der Waals surface area contributed by atoms with E-state index in [1.54, 1.807) is 42.1 Å². The van der Waals surface area contributed by atoms with Crippen molar-refractivity contribution in [1.29, 1.82) is 0 Å². The van der Waals surface area contributed by atoms with Gasteiger partial charge in [-0.1, -0.05) is 29.3 Å². The molecule has 1 aromatic carbocycles. The second-order valence-electron chi connectivity index (χ2n) is 6.08. The van der Waals surface area contributed by atoms with Gasteiger partial charge in [0.2, 0.25) is 11.8 Å². The third kappa shape index (κ3) is 5.76. The van der Waals surface area contributed by atoms with Crippen molar-refractivity contribution in [3.8, 4) is 0 Å². The topological polar surface area (TPSA) is 65.8 Å². The number of anilines is 1. The lowest BCUT2D eigenvalue weighted by Gasteiger charge is -2.21. The fraction of sp³-hybridized carbons (Fsp3) is 0.333. The molecule has 1 heterocycles. The van der Waals surface area contributed by atoms with E-state index in [2.05, 4.69) is 5.32 Å². The quantitative estimate of drug-likeness (QED) is 0.776. The Morgan fingerprint density at radius 1 is 1.08 bits per heavy atom. The first kappa shape index (κ1) is 20.3. The number of nitrogens with zero attached hydrogens (tertiary/aromatic N) is 2. The summed E-state index contributed by atoms with van der Waals surface area (Å²) >= 11 is 12.1. The zero-order valence-corrected chi connectivity index (χ0v) is 16.4. The van der Waals surface area contributed by atoms with E-state index in [1.165, 1.54) is 0 Å². The second-order valence-corrected chi connectivity index (χ2v) is 6.89. The molecule has 1 N–H and O–H groups in total. The van der Waals surface area contributed by atoms with Crippen LogP contribution in [0.25, 0.3) is 0 Å². The molecule has 6 nitrogen and oxygen atoms in total. The SMILES string of the molecule is Cc1ccc(CN(C)C(=O)CN(C)CC(=O)Nc2c(Cl)cccc2Cl)o1. The number of para-hydroxylation sites is 1. The van der Waals surface area contributed by atoms with E-state index in [0.717, 1.165) is 5.76 Å². The molecule has 8 heteroatoms. The molecule has 0 atom stereocenters. The van der Waals surface area contributed by atoms with Crippen LogP contribution in [0.5, 0.6) is 0 Å². The Morgan fingerprint density at radius 2 is 1.73 bits per heavy atom. The summed E-state index contributed by atoms with van der Waals surface area (Å²) in [6.07, 6.45) is 0. The van der Waals surface area contributed by atoms with Crippen molar-refractivity contribution in [3.63, 3.8) is 0 Å². The third-order valence-electron chi connectivity index (χ3n) is 3.66. The van der Waals surface area contributed by atoms with Gasteiger partial charge in [0.25, 0.3) is 0 Å². The molecule has 2 aromatic rings. The lowest BCUT2D eigenvalue weighted by atomic mass is 10.3. The average molecular weight is 398 g/mol. The number of halogens is 2. The number of benzene rings is 1. The van der Waals surface area contributed by atoms with Crippen LogP contribution in [0.15, 0.2) is 34.7 Å². The lowest BCUT2D eigenvalue weighted by molar-refractivity contribution is -0.131. The summed E-state index contributed by atoms with van der Waals surface area (Å²) < 4.78 is 5.47. The largest absolute Gasteiger partial charge is 0.464 e. The highest BCUT2D eigenvalue weighted by atomic mass is 35.5. The van der Waals surface area contributed by atoms with Crippen LogP contribution in [0.4, 0.5) is 5.69 Å². The van der Waals surface area contributed by atoms with Gasteiger partial charge in [-0.15, -0.1) is 0 Å². The first-order valence-corrected chi connectivity index (χ1v) is 8.73. The van der Waals surface area contributed by atoms with Crippen LogP contribution < -0.4 is 5.32 Å². The number of rotatable bonds is 7. The maximum absolute atomic E-state index is 12.3. The predicted octanol–water partition coefficient (Wildman–Crippen LogP) is 3.42. The van der Waals surface area contributed by atoms with Gasteiger partial charge in [-0.3, -0.25) is 14.5 Å². The number of amides is 2. The molecule has 0 radical (unpaired) electrons. The van der Waals surface area contributed by atoms with E-state index in [0.29, 0.717) is 28.0 Å². The van der Waals surface area contributed by atoms with E-state index in [1.807, 2.05) is 19.1 Å². The monoisotopic (exact) mass is 397 g/mol. The highest BCUT2D eigenvalue weighted by molar-refractivity contribution is 6.39. The van der Waals surface area contributed by atoms with Crippen LogP contribution in [0.1, 0.15) is 11.5 Å². The molecule has 0 aliphatic carbocycles. The maximum Gasteiger partial charge on any atom is 0.238 e. The smallest absolute Gasteiger partial charge is 0.238 e. The van der Waals surface area contributed by atoms with Gasteiger partial charge in [0.15, 0.2) is 0 Å². The molecule has 0 aliphatic heterocycles. The van der Waals surface area contributed by atoms with Crippen molar-refractivity contribution in [2.75, 3.05) is 32.5 Å². The van der Waals surface area contributed by atoms with E-state index in [-0.39, 0.29) is 24.9 Å². The molecule has 26 heavy (non-hydrogen) atoms. The van der Waals surface area contributed by atoms with Crippen LogP contribution in [-0.2, 0) is 16.1 Å². The molecule has 0 saturated carbocycles. The van der Waals surface area contributed by atoms with Crippen LogP contribution in [0.3, 0.4) is 0 Å². The first-order chi connectivity index (χ1) is 12.3. The van der Waals surface area contributed by atoms with E-state index < -0.39 is 0 Å². The molecule has 0 aliphatic rings. The Bertz CT molecular complexity index is 771. The summed E-state index contributed by atoms with van der Waals surface area (Å²) in [5.74, 6) is 1.09. The van der Waals surface area contributed by atoms with Gasteiger partial charge in [-0.05, 0) is 38.2 Å². The zero-order valence-electron chi connectivity index (χ0n) is 14.9. The van der Waals surface area contributed by atoms with E-state index in [9.17, 15) is 9.59 Å². The standard InChI is InChI=1S/C18H21Cl2N3O3/c1-12-7-8-13(26-12)9-23(3)17(25)11-22(2)10-16(24)21-18-14(19)5-4-6-15(18)20/h4-8H,9-11H2,1-3H3,(H,21,24). The van der Waals surface area contributed by atoms with Crippen molar-refractivity contribution in [2.45, 2.75) is 13.5 Å². The van der Waals surface area contributed by atoms with E-state index >= 15 is 0 Å². The summed E-state index contributed by atoms with van der Waals surface area (Å²) in [5.41, 5.74) is 0.367. The number of furan rings is 1. The summed E-state index contributed by atoms with van der Waals surface area (Å²) in [6.45, 7) is 2.35. The van der Waals surface area contributed by atoms with Crippen LogP contribution in [0.2, 0.25) is 10.0 Å². The van der Waals surface area contributed by atoms with Crippen LogP contribution in [0, 0.1) is 6.92 Å². The molecule has 0 bridgehead atoms. The Kier molecular flexibility index (Phi) is 7.08. The van der Waals surface area contributed by atoms with Gasteiger partial charge < -0.3 is 14.6 Å². The molecule has 0 spiro atoms. The van der Waals surface area contributed by atoms with Gasteiger partial charge in [0, 0.05) is 7.05 Å². The van der Waals surface area contributed by atoms with Crippen molar-refractivity contribution >= 4 is 40.7 Å². The Balaban J connectivity index is 1.84. The Hall–Kier alpha value is -2.02. The Labute approximate surface area is 162 Å². The molecular formula is C18H21Cl2N3O3. The average Bonchev–Trinajstić information content (AvgIpc) is 2.95. The molecule has 0 saturated heterocycles. The first-order valence-electron chi connectivity index (χ1n) is 7.98. The Morgan fingerprint density at radius 3 is 2.31 bits per heavy atom. The molecular weight excluding hydrogens is 377 g/mol. The van der Waals surface area contributed by atoms with Crippen LogP contribution in [-0.4, -0.2) is 48.8 Å². The minimum atomic E-state index is -0.306. The van der Waals surface area contributed by atoms with Gasteiger partial charge in [-0.25, -0.2) is 0 Å². The summed E-state index contributed by atoms with van der Waals surface area (Å²) in [6, 6.07) is 8.66. The second kappa shape index (κ2) is 9.07. The van der Waals surface area contributed by atoms with Crippen molar-refractivity contribution < 1.29 is 14.0 Å². The maximum atomic E-state index is 12.3.